The molecule has 0 aliphatic carbocycles. The summed E-state index contributed by atoms with van der Waals surface area (Å²) < 4.78 is 27.6. The lowest BCUT2D eigenvalue weighted by molar-refractivity contribution is 0.626. The van der Waals surface area contributed by atoms with E-state index in [1.807, 2.05) is 43.3 Å². The first-order valence-electron chi connectivity index (χ1n) is 8.90. The van der Waals surface area contributed by atoms with E-state index in [2.05, 4.69) is 20.5 Å². The summed E-state index contributed by atoms with van der Waals surface area (Å²) in [6, 6.07) is 20.6. The number of rotatable bonds is 5. The molecule has 6 heteroatoms. The largest absolute Gasteiger partial charge is 0.323 e. The van der Waals surface area contributed by atoms with E-state index in [1.165, 1.54) is 18.2 Å². The smallest absolute Gasteiger partial charge is 0.246 e. The maximum atomic E-state index is 14.6. The van der Waals surface area contributed by atoms with Crippen LogP contribution in [0.25, 0.3) is 11.1 Å². The summed E-state index contributed by atoms with van der Waals surface area (Å²) in [6.45, 7) is 1.93. The van der Waals surface area contributed by atoms with Crippen LogP contribution in [-0.4, -0.2) is 15.2 Å². The van der Waals surface area contributed by atoms with Crippen LogP contribution in [0.1, 0.15) is 24.2 Å². The molecule has 0 fully saturated rings. The van der Waals surface area contributed by atoms with Gasteiger partial charge in [-0.15, -0.1) is 5.10 Å². The predicted molar refractivity (Wildman–Crippen MR) is 105 cm³/mol. The average molecular weight is 376 g/mol. The summed E-state index contributed by atoms with van der Waals surface area (Å²) in [6.07, 6.45) is 0. The second-order valence-electron chi connectivity index (χ2n) is 6.50. The van der Waals surface area contributed by atoms with Crippen LogP contribution < -0.4 is 5.32 Å². The van der Waals surface area contributed by atoms with Crippen molar-refractivity contribution in [3.8, 4) is 11.1 Å². The molecule has 0 saturated carbocycles. The van der Waals surface area contributed by atoms with Crippen LogP contribution in [-0.2, 0) is 0 Å². The second kappa shape index (κ2) is 7.60. The molecule has 4 rings (SSSR count). The molecule has 0 saturated heterocycles. The quantitative estimate of drug-likeness (QED) is 0.474. The van der Waals surface area contributed by atoms with Gasteiger partial charge in [0.15, 0.2) is 0 Å². The Kier molecular flexibility index (Phi) is 4.85. The maximum absolute atomic E-state index is 14.6. The van der Waals surface area contributed by atoms with E-state index >= 15 is 0 Å². The molecule has 28 heavy (non-hydrogen) atoms. The van der Waals surface area contributed by atoms with Crippen molar-refractivity contribution in [3.05, 3.63) is 95.8 Å². The Balaban J connectivity index is 1.53. The number of hydrogen-bond donors (Lipinski definition) is 2. The van der Waals surface area contributed by atoms with Gasteiger partial charge in [0.2, 0.25) is 5.95 Å². The topological polar surface area (TPSA) is 53.6 Å². The number of H-pyrrole nitrogens is 1. The first-order chi connectivity index (χ1) is 13.6. The van der Waals surface area contributed by atoms with Crippen LogP contribution in [0.2, 0.25) is 0 Å². The Labute approximate surface area is 161 Å². The van der Waals surface area contributed by atoms with Gasteiger partial charge in [-0.2, -0.15) is 4.98 Å². The molecule has 0 amide bonds. The van der Waals surface area contributed by atoms with Gasteiger partial charge in [0.05, 0.1) is 0 Å². The number of halogens is 2. The number of nitrogens with zero attached hydrogens (tertiary/aromatic N) is 2. The van der Waals surface area contributed by atoms with E-state index in [-0.39, 0.29) is 17.6 Å². The molecular formula is C22H18F2N4. The third kappa shape index (κ3) is 3.76. The third-order valence-electron chi connectivity index (χ3n) is 4.59. The highest BCUT2D eigenvalue weighted by molar-refractivity contribution is 5.64. The molecule has 2 N–H and O–H groups in total. The summed E-state index contributed by atoms with van der Waals surface area (Å²) in [7, 11) is 0. The summed E-state index contributed by atoms with van der Waals surface area (Å²) in [5.41, 5.74) is 2.87. The van der Waals surface area contributed by atoms with Crippen LogP contribution in [0, 0.1) is 11.6 Å². The Morgan fingerprint density at radius 3 is 2.39 bits per heavy atom. The van der Waals surface area contributed by atoms with E-state index in [0.29, 0.717) is 23.0 Å². The van der Waals surface area contributed by atoms with Crippen LogP contribution in [0.15, 0.2) is 72.8 Å². The molecule has 4 nitrogen and oxygen atoms in total. The zero-order valence-corrected chi connectivity index (χ0v) is 15.2. The average Bonchev–Trinajstić information content (AvgIpc) is 3.18. The summed E-state index contributed by atoms with van der Waals surface area (Å²) >= 11 is 0. The van der Waals surface area contributed by atoms with Gasteiger partial charge in [0, 0.05) is 17.2 Å². The molecule has 0 radical (unpaired) electrons. The lowest BCUT2D eigenvalue weighted by Gasteiger charge is -2.11. The molecule has 0 spiro atoms. The molecule has 0 aliphatic rings. The van der Waals surface area contributed by atoms with Crippen molar-refractivity contribution < 1.29 is 8.78 Å². The molecule has 1 atom stereocenters. The van der Waals surface area contributed by atoms with Crippen molar-refractivity contribution in [1.29, 1.82) is 0 Å². The fraction of sp³-hybridized carbons (Fsp3) is 0.0909. The lowest BCUT2D eigenvalue weighted by atomic mass is 9.96. The highest BCUT2D eigenvalue weighted by Crippen LogP contribution is 2.28. The Morgan fingerprint density at radius 1 is 0.929 bits per heavy atom. The number of aromatic amines is 1. The summed E-state index contributed by atoms with van der Waals surface area (Å²) in [5.74, 6) is 0.220. The lowest BCUT2D eigenvalue weighted by Crippen LogP contribution is -2.00. The standard InChI is InChI=1S/C22H18F2N4/c1-14(16-7-12-19(20(24)13-16)15-5-3-2-4-6-15)21-26-22(28-27-21)25-18-10-8-17(23)9-11-18/h2-14H,1H3,(H2,25,26,27,28). The van der Waals surface area contributed by atoms with E-state index in [1.54, 1.807) is 18.2 Å². The van der Waals surface area contributed by atoms with Gasteiger partial charge in [0.25, 0.3) is 0 Å². The fourth-order valence-electron chi connectivity index (χ4n) is 3.00. The van der Waals surface area contributed by atoms with E-state index in [0.717, 1.165) is 11.1 Å². The van der Waals surface area contributed by atoms with E-state index in [4.69, 9.17) is 0 Å². The first kappa shape index (κ1) is 17.9. The highest BCUT2D eigenvalue weighted by Gasteiger charge is 2.16. The van der Waals surface area contributed by atoms with Crippen LogP contribution in [0.4, 0.5) is 20.4 Å². The van der Waals surface area contributed by atoms with Crippen molar-refractivity contribution >= 4 is 11.6 Å². The van der Waals surface area contributed by atoms with Crippen molar-refractivity contribution in [2.45, 2.75) is 12.8 Å². The van der Waals surface area contributed by atoms with Crippen molar-refractivity contribution in [2.75, 3.05) is 5.32 Å². The van der Waals surface area contributed by atoms with Crippen molar-refractivity contribution in [2.24, 2.45) is 0 Å². The molecule has 1 aromatic heterocycles. The minimum Gasteiger partial charge on any atom is -0.323 e. The van der Waals surface area contributed by atoms with E-state index in [9.17, 15) is 8.78 Å². The zero-order valence-electron chi connectivity index (χ0n) is 15.2. The Morgan fingerprint density at radius 2 is 1.68 bits per heavy atom. The predicted octanol–water partition coefficient (Wildman–Crippen LogP) is 5.65. The fourth-order valence-corrected chi connectivity index (χ4v) is 3.00. The van der Waals surface area contributed by atoms with Gasteiger partial charge in [-0.3, -0.25) is 5.10 Å². The minimum atomic E-state index is -0.309. The number of benzene rings is 3. The van der Waals surface area contributed by atoms with Gasteiger partial charge >= 0.3 is 0 Å². The zero-order chi connectivity index (χ0) is 19.5. The second-order valence-corrected chi connectivity index (χ2v) is 6.50. The molecule has 1 unspecified atom stereocenters. The summed E-state index contributed by atoms with van der Waals surface area (Å²) in [4.78, 5) is 4.42. The number of hydrogen-bond acceptors (Lipinski definition) is 3. The number of anilines is 2. The van der Waals surface area contributed by atoms with Crippen LogP contribution in [0.5, 0.6) is 0 Å². The Bertz CT molecular complexity index is 1080. The van der Waals surface area contributed by atoms with Gasteiger partial charge < -0.3 is 5.32 Å². The van der Waals surface area contributed by atoms with Gasteiger partial charge in [-0.1, -0.05) is 49.4 Å². The van der Waals surface area contributed by atoms with Crippen LogP contribution >= 0.6 is 0 Å². The molecule has 3 aromatic carbocycles. The first-order valence-corrected chi connectivity index (χ1v) is 8.90. The van der Waals surface area contributed by atoms with Crippen LogP contribution in [0.3, 0.4) is 0 Å². The van der Waals surface area contributed by atoms with Gasteiger partial charge in [0.1, 0.15) is 17.5 Å². The molecule has 1 heterocycles. The van der Waals surface area contributed by atoms with Gasteiger partial charge in [-0.25, -0.2) is 8.78 Å². The third-order valence-corrected chi connectivity index (χ3v) is 4.59. The Hall–Kier alpha value is -3.54. The molecule has 0 aliphatic heterocycles. The summed E-state index contributed by atoms with van der Waals surface area (Å²) in [5, 5.41) is 10.0. The monoisotopic (exact) mass is 376 g/mol. The SMILES string of the molecule is CC(c1ccc(-c2ccccc2)c(F)c1)c1nc(Nc2ccc(F)cc2)n[nH]1. The van der Waals surface area contributed by atoms with Crippen molar-refractivity contribution in [1.82, 2.24) is 15.2 Å². The van der Waals surface area contributed by atoms with E-state index < -0.39 is 0 Å². The maximum Gasteiger partial charge on any atom is 0.246 e. The molecular weight excluding hydrogens is 358 g/mol. The highest BCUT2D eigenvalue weighted by atomic mass is 19.1. The number of nitrogens with one attached hydrogen (secondary N) is 2. The normalized spacial score (nSPS) is 12.0. The molecule has 140 valence electrons. The van der Waals surface area contributed by atoms with Gasteiger partial charge in [-0.05, 0) is 41.5 Å². The molecule has 4 aromatic rings. The molecule has 0 bridgehead atoms. The number of aromatic nitrogens is 3. The van der Waals surface area contributed by atoms with Crippen molar-refractivity contribution in [3.63, 3.8) is 0 Å². The minimum absolute atomic E-state index is 0.171.